The first-order chi connectivity index (χ1) is 5.24. The first kappa shape index (κ1) is 7.61. The molecule has 0 aliphatic carbocycles. The van der Waals surface area contributed by atoms with Gasteiger partial charge in [-0.3, -0.25) is 0 Å². The van der Waals surface area contributed by atoms with Gasteiger partial charge in [0.25, 0.3) is 0 Å². The summed E-state index contributed by atoms with van der Waals surface area (Å²) in [6.45, 7) is 7.04. The largest absolute Gasteiger partial charge is 0.508 e. The van der Waals surface area contributed by atoms with E-state index < -0.39 is 0 Å². The average molecular weight is 146 g/mol. The highest BCUT2D eigenvalue weighted by Crippen LogP contribution is 2.11. The van der Waals surface area contributed by atoms with Gasteiger partial charge in [0.05, 0.1) is 0 Å². The lowest BCUT2D eigenvalue weighted by molar-refractivity contribution is 0.514. The number of hydrogen-bond acceptors (Lipinski definition) is 1. The molecule has 0 heterocycles. The van der Waals surface area contributed by atoms with Crippen molar-refractivity contribution in [3.63, 3.8) is 0 Å². The van der Waals surface area contributed by atoms with Crippen LogP contribution in [0.1, 0.15) is 11.1 Å². The standard InChI is InChI=1S/C10H10O/c1-3-9-5-4-6-10(7-9)8(2)11/h3-7,11H,1-2H2. The van der Waals surface area contributed by atoms with Crippen LogP contribution in [0, 0.1) is 0 Å². The van der Waals surface area contributed by atoms with E-state index in [2.05, 4.69) is 13.2 Å². The summed E-state index contributed by atoms with van der Waals surface area (Å²) in [5.41, 5.74) is 1.72. The molecule has 1 nitrogen and oxygen atoms in total. The summed E-state index contributed by atoms with van der Waals surface area (Å²) in [6.07, 6.45) is 1.73. The van der Waals surface area contributed by atoms with Crippen molar-refractivity contribution in [3.05, 3.63) is 48.6 Å². The monoisotopic (exact) mass is 146 g/mol. The Bertz CT molecular complexity index is 287. The molecule has 1 heteroatoms. The minimum Gasteiger partial charge on any atom is -0.508 e. The van der Waals surface area contributed by atoms with E-state index in [4.69, 9.17) is 5.11 Å². The van der Waals surface area contributed by atoms with Gasteiger partial charge in [-0.2, -0.15) is 0 Å². The molecule has 1 rings (SSSR count). The third kappa shape index (κ3) is 1.71. The van der Waals surface area contributed by atoms with Crippen molar-refractivity contribution in [1.29, 1.82) is 0 Å². The van der Waals surface area contributed by atoms with Crippen molar-refractivity contribution in [3.8, 4) is 0 Å². The maximum absolute atomic E-state index is 9.01. The molecule has 0 unspecified atom stereocenters. The summed E-state index contributed by atoms with van der Waals surface area (Å²) in [4.78, 5) is 0. The second kappa shape index (κ2) is 3.06. The Morgan fingerprint density at radius 2 is 2.18 bits per heavy atom. The van der Waals surface area contributed by atoms with Crippen molar-refractivity contribution in [1.82, 2.24) is 0 Å². The van der Waals surface area contributed by atoms with E-state index in [1.165, 1.54) is 0 Å². The van der Waals surface area contributed by atoms with Crippen LogP contribution in [0.4, 0.5) is 0 Å². The zero-order chi connectivity index (χ0) is 8.27. The van der Waals surface area contributed by atoms with Crippen LogP contribution in [0.15, 0.2) is 37.4 Å². The maximum Gasteiger partial charge on any atom is 0.115 e. The van der Waals surface area contributed by atoms with Gasteiger partial charge in [-0.05, 0) is 11.6 Å². The first-order valence-corrected chi connectivity index (χ1v) is 3.35. The van der Waals surface area contributed by atoms with Crippen LogP contribution in [0.3, 0.4) is 0 Å². The predicted octanol–water partition coefficient (Wildman–Crippen LogP) is 2.86. The molecular weight excluding hydrogens is 136 g/mol. The molecule has 1 aromatic rings. The molecule has 0 aliphatic heterocycles. The van der Waals surface area contributed by atoms with Crippen LogP contribution in [-0.2, 0) is 0 Å². The second-order valence-corrected chi connectivity index (χ2v) is 2.28. The molecule has 0 bridgehead atoms. The highest BCUT2D eigenvalue weighted by atomic mass is 16.3. The quantitative estimate of drug-likeness (QED) is 0.636. The molecule has 0 fully saturated rings. The summed E-state index contributed by atoms with van der Waals surface area (Å²) in [7, 11) is 0. The van der Waals surface area contributed by atoms with Crippen molar-refractivity contribution in [2.45, 2.75) is 0 Å². The Balaban J connectivity index is 3.10. The molecule has 0 saturated carbocycles. The zero-order valence-electron chi connectivity index (χ0n) is 6.25. The van der Waals surface area contributed by atoms with Gasteiger partial charge in [0.2, 0.25) is 0 Å². The number of hydrogen-bond donors (Lipinski definition) is 1. The molecule has 0 atom stereocenters. The van der Waals surface area contributed by atoms with Crippen LogP contribution in [0.25, 0.3) is 11.8 Å². The SMILES string of the molecule is C=Cc1cccc(C(=C)O)c1. The Kier molecular flexibility index (Phi) is 2.12. The molecule has 0 aliphatic rings. The van der Waals surface area contributed by atoms with E-state index in [9.17, 15) is 0 Å². The molecule has 11 heavy (non-hydrogen) atoms. The fourth-order valence-corrected chi connectivity index (χ4v) is 0.845. The van der Waals surface area contributed by atoms with Crippen molar-refractivity contribution >= 4 is 11.8 Å². The Hall–Kier alpha value is -1.50. The van der Waals surface area contributed by atoms with Gasteiger partial charge in [-0.25, -0.2) is 0 Å². The molecule has 1 N–H and O–H groups in total. The lowest BCUT2D eigenvalue weighted by Gasteiger charge is -1.98. The van der Waals surface area contributed by atoms with Gasteiger partial charge in [-0.1, -0.05) is 37.4 Å². The van der Waals surface area contributed by atoms with Gasteiger partial charge in [-0.15, -0.1) is 0 Å². The first-order valence-electron chi connectivity index (χ1n) is 3.35. The minimum atomic E-state index is 0.0914. The fourth-order valence-electron chi connectivity index (χ4n) is 0.845. The van der Waals surface area contributed by atoms with E-state index in [0.29, 0.717) is 0 Å². The van der Waals surface area contributed by atoms with E-state index in [1.54, 1.807) is 12.1 Å². The molecule has 0 spiro atoms. The third-order valence-electron chi connectivity index (χ3n) is 1.46. The summed E-state index contributed by atoms with van der Waals surface area (Å²) < 4.78 is 0. The normalized spacial score (nSPS) is 9.09. The Morgan fingerprint density at radius 3 is 2.73 bits per heavy atom. The van der Waals surface area contributed by atoms with Gasteiger partial charge in [0.15, 0.2) is 0 Å². The minimum absolute atomic E-state index is 0.0914. The second-order valence-electron chi connectivity index (χ2n) is 2.28. The van der Waals surface area contributed by atoms with Crippen LogP contribution >= 0.6 is 0 Å². The van der Waals surface area contributed by atoms with Gasteiger partial charge >= 0.3 is 0 Å². The Morgan fingerprint density at radius 1 is 1.45 bits per heavy atom. The Labute approximate surface area is 66.3 Å². The number of aliphatic hydroxyl groups is 1. The number of aliphatic hydroxyl groups excluding tert-OH is 1. The summed E-state index contributed by atoms with van der Waals surface area (Å²) in [6, 6.07) is 7.40. The summed E-state index contributed by atoms with van der Waals surface area (Å²) in [5, 5.41) is 9.01. The van der Waals surface area contributed by atoms with Gasteiger partial charge in [0, 0.05) is 5.56 Å². The number of rotatable bonds is 2. The molecule has 0 aromatic heterocycles. The summed E-state index contributed by atoms with van der Waals surface area (Å²) >= 11 is 0. The predicted molar refractivity (Wildman–Crippen MR) is 48.2 cm³/mol. The highest BCUT2D eigenvalue weighted by Gasteiger charge is 1.94. The van der Waals surface area contributed by atoms with Crippen molar-refractivity contribution in [2.75, 3.05) is 0 Å². The lowest BCUT2D eigenvalue weighted by atomic mass is 10.1. The van der Waals surface area contributed by atoms with Gasteiger partial charge < -0.3 is 5.11 Å². The zero-order valence-corrected chi connectivity index (χ0v) is 6.25. The van der Waals surface area contributed by atoms with E-state index in [1.807, 2.05) is 18.2 Å². The molecular formula is C10H10O. The number of benzene rings is 1. The van der Waals surface area contributed by atoms with Crippen molar-refractivity contribution < 1.29 is 5.11 Å². The molecule has 0 amide bonds. The topological polar surface area (TPSA) is 20.2 Å². The summed E-state index contributed by atoms with van der Waals surface area (Å²) in [5.74, 6) is 0.0914. The lowest BCUT2D eigenvalue weighted by Crippen LogP contribution is -1.80. The molecule has 0 radical (unpaired) electrons. The van der Waals surface area contributed by atoms with Crippen LogP contribution in [-0.4, -0.2) is 5.11 Å². The molecule has 1 aromatic carbocycles. The van der Waals surface area contributed by atoms with Crippen LogP contribution < -0.4 is 0 Å². The molecule has 0 saturated heterocycles. The maximum atomic E-state index is 9.01. The fraction of sp³-hybridized carbons (Fsp3) is 0. The van der Waals surface area contributed by atoms with Crippen LogP contribution in [0.5, 0.6) is 0 Å². The average Bonchev–Trinajstić information content (AvgIpc) is 2.05. The third-order valence-corrected chi connectivity index (χ3v) is 1.46. The van der Waals surface area contributed by atoms with Crippen molar-refractivity contribution in [2.24, 2.45) is 0 Å². The van der Waals surface area contributed by atoms with Crippen LogP contribution in [0.2, 0.25) is 0 Å². The van der Waals surface area contributed by atoms with E-state index in [0.717, 1.165) is 11.1 Å². The highest BCUT2D eigenvalue weighted by molar-refractivity contribution is 5.60. The van der Waals surface area contributed by atoms with E-state index >= 15 is 0 Å². The molecule has 56 valence electrons. The van der Waals surface area contributed by atoms with Gasteiger partial charge in [0.1, 0.15) is 5.76 Å². The smallest absolute Gasteiger partial charge is 0.115 e. The van der Waals surface area contributed by atoms with E-state index in [-0.39, 0.29) is 5.76 Å².